The molecule has 2 aromatic carbocycles. The van der Waals surface area contributed by atoms with Crippen molar-refractivity contribution in [2.75, 3.05) is 5.32 Å². The fourth-order valence-corrected chi connectivity index (χ4v) is 3.44. The lowest BCUT2D eigenvalue weighted by Gasteiger charge is -2.03. The number of furan rings is 1. The number of anilines is 1. The number of amides is 1. The monoisotopic (exact) mass is 425 g/mol. The van der Waals surface area contributed by atoms with Crippen LogP contribution < -0.4 is 10.1 Å². The van der Waals surface area contributed by atoms with E-state index in [4.69, 9.17) is 20.8 Å². The summed E-state index contributed by atoms with van der Waals surface area (Å²) in [4.78, 5) is 12.4. The summed E-state index contributed by atoms with van der Waals surface area (Å²) >= 11 is 7.41. The molecule has 0 saturated carbocycles. The van der Waals surface area contributed by atoms with Crippen LogP contribution in [0, 0.1) is 6.92 Å². The average Bonchev–Trinajstić information content (AvgIpc) is 3.38. The molecule has 0 aliphatic carbocycles. The molecule has 2 aromatic heterocycles. The molecule has 0 atom stereocenters. The van der Waals surface area contributed by atoms with Crippen LogP contribution in [0.15, 0.2) is 65.1 Å². The Bertz CT molecular complexity index is 1140. The number of benzene rings is 2. The summed E-state index contributed by atoms with van der Waals surface area (Å²) in [5.74, 6) is 1.02. The average molecular weight is 426 g/mol. The number of carbonyl (C=O) groups is 1. The third-order valence-corrected chi connectivity index (χ3v) is 5.18. The van der Waals surface area contributed by atoms with E-state index in [2.05, 4.69) is 15.5 Å². The van der Waals surface area contributed by atoms with E-state index >= 15 is 0 Å². The van der Waals surface area contributed by atoms with Gasteiger partial charge in [0.15, 0.2) is 10.8 Å². The molecule has 8 heteroatoms. The van der Waals surface area contributed by atoms with E-state index in [1.807, 2.05) is 49.4 Å². The zero-order valence-corrected chi connectivity index (χ0v) is 17.0. The fourth-order valence-electron chi connectivity index (χ4n) is 2.57. The van der Waals surface area contributed by atoms with Crippen molar-refractivity contribution >= 4 is 34.0 Å². The normalized spacial score (nSPS) is 10.7. The second-order valence-electron chi connectivity index (χ2n) is 6.20. The fraction of sp³-hybridized carbons (Fsp3) is 0.0952. The summed E-state index contributed by atoms with van der Waals surface area (Å²) in [6, 6.07) is 18.3. The van der Waals surface area contributed by atoms with E-state index in [1.54, 1.807) is 18.2 Å². The van der Waals surface area contributed by atoms with Crippen molar-refractivity contribution in [1.82, 2.24) is 10.2 Å². The maximum absolute atomic E-state index is 12.4. The number of carbonyl (C=O) groups excluding carboxylic acids is 1. The molecule has 6 nitrogen and oxygen atoms in total. The molecule has 2 heterocycles. The Labute approximate surface area is 176 Å². The van der Waals surface area contributed by atoms with E-state index in [1.165, 1.54) is 11.3 Å². The predicted octanol–water partition coefficient (Wildman–Crippen LogP) is 5.59. The molecule has 29 heavy (non-hydrogen) atoms. The lowest BCUT2D eigenvalue weighted by atomic mass is 10.2. The van der Waals surface area contributed by atoms with Crippen LogP contribution in [0.3, 0.4) is 0 Å². The van der Waals surface area contributed by atoms with Gasteiger partial charge in [0.1, 0.15) is 18.1 Å². The second-order valence-corrected chi connectivity index (χ2v) is 7.67. The van der Waals surface area contributed by atoms with E-state index in [0.717, 1.165) is 16.9 Å². The van der Waals surface area contributed by atoms with Gasteiger partial charge in [-0.3, -0.25) is 10.1 Å². The molecule has 0 bridgehead atoms. The van der Waals surface area contributed by atoms with Gasteiger partial charge in [-0.25, -0.2) is 0 Å². The van der Waals surface area contributed by atoms with Gasteiger partial charge in [0.05, 0.1) is 5.02 Å². The molecule has 1 N–H and O–H groups in total. The third-order valence-electron chi connectivity index (χ3n) is 4.04. The van der Waals surface area contributed by atoms with Crippen LogP contribution in [0.2, 0.25) is 5.02 Å². The van der Waals surface area contributed by atoms with Crippen LogP contribution in [-0.2, 0) is 6.61 Å². The third kappa shape index (κ3) is 4.64. The Morgan fingerprint density at radius 3 is 2.69 bits per heavy atom. The number of hydrogen-bond acceptors (Lipinski definition) is 6. The van der Waals surface area contributed by atoms with E-state index < -0.39 is 5.91 Å². The lowest BCUT2D eigenvalue weighted by Crippen LogP contribution is -2.10. The highest BCUT2D eigenvalue weighted by Crippen LogP contribution is 2.29. The number of halogens is 1. The maximum Gasteiger partial charge on any atom is 0.293 e. The predicted molar refractivity (Wildman–Crippen MR) is 113 cm³/mol. The second kappa shape index (κ2) is 8.46. The molecule has 4 rings (SSSR count). The van der Waals surface area contributed by atoms with Gasteiger partial charge in [-0.2, -0.15) is 0 Å². The van der Waals surface area contributed by atoms with Gasteiger partial charge >= 0.3 is 0 Å². The largest absolute Gasteiger partial charge is 0.486 e. The highest BCUT2D eigenvalue weighted by Gasteiger charge is 2.16. The molecule has 0 radical (unpaired) electrons. The highest BCUT2D eigenvalue weighted by atomic mass is 35.5. The number of rotatable bonds is 6. The summed E-state index contributed by atoms with van der Waals surface area (Å²) in [7, 11) is 0. The van der Waals surface area contributed by atoms with Crippen LogP contribution in [-0.4, -0.2) is 16.1 Å². The van der Waals surface area contributed by atoms with E-state index in [9.17, 15) is 4.79 Å². The molecule has 0 aliphatic heterocycles. The standard InChI is InChI=1S/C21H16ClN3O3S/c1-13-6-8-14(9-7-13)27-12-19-24-25-21(29-19)23-20(26)18-11-10-17(28-18)15-4-2-3-5-16(15)22/h2-11H,12H2,1H3,(H,23,25,26). The molecule has 146 valence electrons. The van der Waals surface area contributed by atoms with E-state index in [0.29, 0.717) is 20.9 Å². The van der Waals surface area contributed by atoms with Crippen molar-refractivity contribution in [2.45, 2.75) is 13.5 Å². The van der Waals surface area contributed by atoms with Crippen LogP contribution in [0.5, 0.6) is 5.75 Å². The lowest BCUT2D eigenvalue weighted by molar-refractivity contribution is 0.0997. The molecule has 0 saturated heterocycles. The Hall–Kier alpha value is -3.16. The summed E-state index contributed by atoms with van der Waals surface area (Å²) < 4.78 is 11.3. The molecule has 0 aliphatic rings. The van der Waals surface area contributed by atoms with E-state index in [-0.39, 0.29) is 12.4 Å². The number of aromatic nitrogens is 2. The summed E-state index contributed by atoms with van der Waals surface area (Å²) in [5.41, 5.74) is 1.88. The van der Waals surface area contributed by atoms with Gasteiger partial charge in [0.2, 0.25) is 5.13 Å². The number of nitrogens with one attached hydrogen (secondary N) is 1. The summed E-state index contributed by atoms with van der Waals surface area (Å²) in [5, 5.41) is 12.3. The summed E-state index contributed by atoms with van der Waals surface area (Å²) in [6.07, 6.45) is 0. The Balaban J connectivity index is 1.38. The van der Waals surface area contributed by atoms with Crippen molar-refractivity contribution in [1.29, 1.82) is 0 Å². The summed E-state index contributed by atoms with van der Waals surface area (Å²) in [6.45, 7) is 2.29. The zero-order chi connectivity index (χ0) is 20.2. The van der Waals surface area contributed by atoms with Gasteiger partial charge in [0, 0.05) is 5.56 Å². The van der Waals surface area contributed by atoms with Crippen molar-refractivity contribution in [3.05, 3.63) is 82.0 Å². The minimum absolute atomic E-state index is 0.160. The molecular formula is C21H16ClN3O3S. The van der Waals surface area contributed by atoms with Crippen LogP contribution in [0.25, 0.3) is 11.3 Å². The number of aryl methyl sites for hydroxylation is 1. The minimum Gasteiger partial charge on any atom is -0.486 e. The first-order valence-electron chi connectivity index (χ1n) is 8.76. The Morgan fingerprint density at radius 1 is 1.10 bits per heavy atom. The van der Waals surface area contributed by atoms with Crippen LogP contribution >= 0.6 is 22.9 Å². The quantitative estimate of drug-likeness (QED) is 0.435. The van der Waals surface area contributed by atoms with Crippen LogP contribution in [0.1, 0.15) is 21.1 Å². The van der Waals surface area contributed by atoms with Crippen molar-refractivity contribution < 1.29 is 13.9 Å². The first kappa shape index (κ1) is 19.2. The number of ether oxygens (including phenoxy) is 1. The maximum atomic E-state index is 12.4. The van der Waals surface area contributed by atoms with Gasteiger partial charge < -0.3 is 9.15 Å². The van der Waals surface area contributed by atoms with Crippen molar-refractivity contribution in [3.63, 3.8) is 0 Å². The Morgan fingerprint density at radius 2 is 1.90 bits per heavy atom. The van der Waals surface area contributed by atoms with Crippen LogP contribution in [0.4, 0.5) is 5.13 Å². The van der Waals surface area contributed by atoms with Gasteiger partial charge in [-0.1, -0.05) is 52.8 Å². The zero-order valence-electron chi connectivity index (χ0n) is 15.4. The van der Waals surface area contributed by atoms with Gasteiger partial charge in [-0.05, 0) is 43.3 Å². The molecule has 0 spiro atoms. The molecular weight excluding hydrogens is 410 g/mol. The van der Waals surface area contributed by atoms with Gasteiger partial charge in [0.25, 0.3) is 5.91 Å². The van der Waals surface area contributed by atoms with Gasteiger partial charge in [-0.15, -0.1) is 10.2 Å². The minimum atomic E-state index is -0.412. The first-order chi connectivity index (χ1) is 14.1. The first-order valence-corrected chi connectivity index (χ1v) is 9.96. The number of hydrogen-bond donors (Lipinski definition) is 1. The Kier molecular flexibility index (Phi) is 5.59. The molecule has 1 amide bonds. The molecule has 0 fully saturated rings. The molecule has 0 unspecified atom stereocenters. The smallest absolute Gasteiger partial charge is 0.293 e. The molecule has 4 aromatic rings. The topological polar surface area (TPSA) is 77.3 Å². The number of nitrogens with zero attached hydrogens (tertiary/aromatic N) is 2. The van der Waals surface area contributed by atoms with Crippen molar-refractivity contribution in [3.8, 4) is 17.1 Å². The SMILES string of the molecule is Cc1ccc(OCc2nnc(NC(=O)c3ccc(-c4ccccc4Cl)o3)s2)cc1. The van der Waals surface area contributed by atoms with Crippen molar-refractivity contribution in [2.24, 2.45) is 0 Å². The highest BCUT2D eigenvalue weighted by molar-refractivity contribution is 7.15.